The smallest absolute Gasteiger partial charge is 0.201 e. The summed E-state index contributed by atoms with van der Waals surface area (Å²) in [6.45, 7) is 0. The van der Waals surface area contributed by atoms with E-state index < -0.39 is 30.3 Å². The normalized spacial score (nSPS) is 29.1. The highest BCUT2D eigenvalue weighted by Crippen LogP contribution is 2.42. The van der Waals surface area contributed by atoms with Gasteiger partial charge < -0.3 is 20.2 Å². The molecule has 8 nitrogen and oxygen atoms in total. The van der Waals surface area contributed by atoms with Crippen LogP contribution in [0.25, 0.3) is 0 Å². The number of nitrogens with zero attached hydrogens (tertiary/aromatic N) is 4. The average molecular weight is 405 g/mol. The Kier molecular flexibility index (Phi) is 5.20. The third-order valence-corrected chi connectivity index (χ3v) is 5.70. The number of oxime groups is 1. The summed E-state index contributed by atoms with van der Waals surface area (Å²) in [5.41, 5.74) is 2.21. The van der Waals surface area contributed by atoms with Crippen molar-refractivity contribution in [2.45, 2.75) is 37.2 Å². The first-order valence-corrected chi connectivity index (χ1v) is 9.39. The molecular weight excluding hydrogens is 384 g/mol. The van der Waals surface area contributed by atoms with Crippen molar-refractivity contribution in [3.63, 3.8) is 0 Å². The highest BCUT2D eigenvalue weighted by atomic mass is 35.5. The molecule has 28 heavy (non-hydrogen) atoms. The third-order valence-electron chi connectivity index (χ3n) is 5.44. The first-order chi connectivity index (χ1) is 13.5. The number of fused-ring (bicyclic) bond motifs is 1. The maximum absolute atomic E-state index is 10.8. The summed E-state index contributed by atoms with van der Waals surface area (Å²) in [6, 6.07) is 6.35. The molecule has 0 bridgehead atoms. The predicted molar refractivity (Wildman–Crippen MR) is 104 cm³/mol. The SMILES string of the molecule is CO/N=C1/N=CCc2c1cnn2[C@@H]1C[C@H]([C@H](O)c2ccc(Cl)cc2)[C@@H](O)[C@H]1O. The van der Waals surface area contributed by atoms with Crippen molar-refractivity contribution in [3.8, 4) is 0 Å². The van der Waals surface area contributed by atoms with Gasteiger partial charge in [0.15, 0.2) is 0 Å². The van der Waals surface area contributed by atoms with E-state index in [9.17, 15) is 15.3 Å². The van der Waals surface area contributed by atoms with Gasteiger partial charge in [-0.15, -0.1) is 0 Å². The molecule has 2 aliphatic rings. The first kappa shape index (κ1) is 19.1. The number of aliphatic hydroxyl groups is 3. The van der Waals surface area contributed by atoms with Gasteiger partial charge in [0.25, 0.3) is 0 Å². The topological polar surface area (TPSA) is 112 Å². The Labute approximate surface area is 166 Å². The van der Waals surface area contributed by atoms with Crippen molar-refractivity contribution in [3.05, 3.63) is 52.3 Å². The summed E-state index contributed by atoms with van der Waals surface area (Å²) in [6.07, 6.45) is 1.17. The Balaban J connectivity index is 1.61. The van der Waals surface area contributed by atoms with Crippen molar-refractivity contribution >= 4 is 23.7 Å². The number of rotatable bonds is 4. The lowest BCUT2D eigenvalue weighted by Gasteiger charge is -2.22. The van der Waals surface area contributed by atoms with Crippen LogP contribution in [-0.2, 0) is 11.3 Å². The maximum atomic E-state index is 10.8. The fraction of sp³-hybridized carbons (Fsp3) is 0.421. The summed E-state index contributed by atoms with van der Waals surface area (Å²) < 4.78 is 1.70. The first-order valence-electron chi connectivity index (χ1n) is 9.01. The van der Waals surface area contributed by atoms with Crippen LogP contribution in [0.4, 0.5) is 0 Å². The van der Waals surface area contributed by atoms with Crippen LogP contribution < -0.4 is 0 Å². The van der Waals surface area contributed by atoms with Gasteiger partial charge in [0.1, 0.15) is 13.2 Å². The van der Waals surface area contributed by atoms with Crippen molar-refractivity contribution in [2.24, 2.45) is 16.1 Å². The van der Waals surface area contributed by atoms with Gasteiger partial charge in [0.2, 0.25) is 5.84 Å². The van der Waals surface area contributed by atoms with Crippen molar-refractivity contribution < 1.29 is 20.2 Å². The molecule has 9 heteroatoms. The van der Waals surface area contributed by atoms with Gasteiger partial charge in [0.05, 0.1) is 35.7 Å². The molecule has 4 rings (SSSR count). The van der Waals surface area contributed by atoms with E-state index in [0.717, 1.165) is 11.3 Å². The molecule has 1 fully saturated rings. The zero-order chi connectivity index (χ0) is 19.8. The van der Waals surface area contributed by atoms with Gasteiger partial charge in [-0.25, -0.2) is 4.99 Å². The number of aromatic nitrogens is 2. The molecule has 1 saturated carbocycles. The van der Waals surface area contributed by atoms with E-state index in [1.165, 1.54) is 7.11 Å². The minimum Gasteiger partial charge on any atom is -0.397 e. The Morgan fingerprint density at radius 2 is 2.00 bits per heavy atom. The molecule has 0 spiro atoms. The monoisotopic (exact) mass is 404 g/mol. The zero-order valence-electron chi connectivity index (χ0n) is 15.2. The summed E-state index contributed by atoms with van der Waals surface area (Å²) in [5.74, 6) is -0.119. The lowest BCUT2D eigenvalue weighted by atomic mass is 9.92. The standard InChI is InChI=1S/C19H21ClN4O4/c1-28-23-19-13-9-22-24(14(13)6-7-21-19)15-8-12(17(26)18(15)27)16(25)10-2-4-11(20)5-3-10/h2-5,7,9,12,15-18,25-27H,6,8H2,1H3/b23-19+/t12-,15-,16-,17-,18+/m1/s1. The van der Waals surface area contributed by atoms with E-state index in [2.05, 4.69) is 15.2 Å². The van der Waals surface area contributed by atoms with Crippen molar-refractivity contribution in [1.82, 2.24) is 9.78 Å². The summed E-state index contributed by atoms with van der Waals surface area (Å²) in [7, 11) is 1.45. The molecular formula is C19H21ClN4O4. The van der Waals surface area contributed by atoms with E-state index in [4.69, 9.17) is 16.4 Å². The van der Waals surface area contributed by atoms with Crippen LogP contribution in [0.1, 0.15) is 35.4 Å². The second kappa shape index (κ2) is 7.63. The van der Waals surface area contributed by atoms with E-state index in [1.807, 2.05) is 0 Å². The lowest BCUT2D eigenvalue weighted by Crippen LogP contribution is -2.32. The predicted octanol–water partition coefficient (Wildman–Crippen LogP) is 1.49. The second-order valence-corrected chi connectivity index (χ2v) is 7.44. The molecule has 1 aromatic carbocycles. The average Bonchev–Trinajstić information content (AvgIpc) is 3.25. The second-order valence-electron chi connectivity index (χ2n) is 7.01. The zero-order valence-corrected chi connectivity index (χ0v) is 15.9. The number of benzene rings is 1. The van der Waals surface area contributed by atoms with Gasteiger partial charge in [-0.1, -0.05) is 28.9 Å². The molecule has 5 atom stereocenters. The number of halogens is 1. The van der Waals surface area contributed by atoms with Gasteiger partial charge in [-0.05, 0) is 24.1 Å². The molecule has 0 amide bonds. The Morgan fingerprint density at radius 3 is 2.71 bits per heavy atom. The summed E-state index contributed by atoms with van der Waals surface area (Å²) >= 11 is 5.91. The Morgan fingerprint density at radius 1 is 1.25 bits per heavy atom. The number of hydrogen-bond acceptors (Lipinski definition) is 6. The molecule has 0 unspecified atom stereocenters. The van der Waals surface area contributed by atoms with Crippen LogP contribution in [0.15, 0.2) is 40.6 Å². The molecule has 1 aliphatic heterocycles. The number of aliphatic imine (C=N–C) groups is 1. The molecule has 2 aromatic rings. The Bertz CT molecular complexity index is 911. The Hall–Kier alpha value is -2.26. The quantitative estimate of drug-likeness (QED) is 0.668. The fourth-order valence-electron chi connectivity index (χ4n) is 4.02. The molecule has 0 radical (unpaired) electrons. The van der Waals surface area contributed by atoms with Gasteiger partial charge in [-0.3, -0.25) is 4.68 Å². The van der Waals surface area contributed by atoms with Gasteiger partial charge in [-0.2, -0.15) is 5.10 Å². The van der Waals surface area contributed by atoms with Crippen molar-refractivity contribution in [2.75, 3.05) is 7.11 Å². The number of aliphatic hydroxyl groups excluding tert-OH is 3. The molecule has 148 valence electrons. The van der Waals surface area contributed by atoms with E-state index in [-0.39, 0.29) is 0 Å². The summed E-state index contributed by atoms with van der Waals surface area (Å²) in [5, 5.41) is 40.9. The van der Waals surface area contributed by atoms with Gasteiger partial charge in [0, 0.05) is 23.6 Å². The number of hydrogen-bond donors (Lipinski definition) is 3. The highest BCUT2D eigenvalue weighted by Gasteiger charge is 2.47. The number of amidine groups is 1. The van der Waals surface area contributed by atoms with E-state index in [1.54, 1.807) is 41.4 Å². The van der Waals surface area contributed by atoms with Crippen LogP contribution in [0.2, 0.25) is 5.02 Å². The molecule has 0 saturated heterocycles. The van der Waals surface area contributed by atoms with Crippen LogP contribution >= 0.6 is 11.6 Å². The fourth-order valence-corrected chi connectivity index (χ4v) is 4.14. The van der Waals surface area contributed by atoms with Crippen LogP contribution in [0.5, 0.6) is 0 Å². The van der Waals surface area contributed by atoms with Crippen LogP contribution in [-0.4, -0.2) is 56.5 Å². The van der Waals surface area contributed by atoms with E-state index >= 15 is 0 Å². The summed E-state index contributed by atoms with van der Waals surface area (Å²) in [4.78, 5) is 9.03. The minimum atomic E-state index is -1.08. The van der Waals surface area contributed by atoms with Crippen LogP contribution in [0, 0.1) is 5.92 Å². The molecule has 1 aromatic heterocycles. The maximum Gasteiger partial charge on any atom is 0.201 e. The van der Waals surface area contributed by atoms with Crippen molar-refractivity contribution in [1.29, 1.82) is 0 Å². The minimum absolute atomic E-state index is 0.369. The molecule has 3 N–H and O–H groups in total. The molecule has 1 aliphatic carbocycles. The largest absolute Gasteiger partial charge is 0.397 e. The van der Waals surface area contributed by atoms with Crippen LogP contribution in [0.3, 0.4) is 0 Å². The molecule has 2 heterocycles. The van der Waals surface area contributed by atoms with Gasteiger partial charge >= 0.3 is 0 Å². The lowest BCUT2D eigenvalue weighted by molar-refractivity contribution is -0.0274. The third kappa shape index (κ3) is 3.22. The van der Waals surface area contributed by atoms with E-state index in [0.29, 0.717) is 29.3 Å². The highest BCUT2D eigenvalue weighted by molar-refractivity contribution is 6.30.